The number of carbonyl (C=O) groups is 1. The van der Waals surface area contributed by atoms with E-state index >= 15 is 0 Å². The van der Waals surface area contributed by atoms with Crippen molar-refractivity contribution in [2.24, 2.45) is 0 Å². The van der Waals surface area contributed by atoms with Crippen LogP contribution in [0.15, 0.2) is 23.8 Å². The standard InChI is InChI=1S/C13H12F2N2O3/c1-8-2-4-16(5-3-8)13(18)10-6-9(14)7-11(12(10)15)17(19)20/h2,6-7H,3-5H2,1H3. The van der Waals surface area contributed by atoms with Crippen LogP contribution in [0.1, 0.15) is 23.7 Å². The molecule has 1 amide bonds. The van der Waals surface area contributed by atoms with Gasteiger partial charge < -0.3 is 4.90 Å². The second-order valence-corrected chi connectivity index (χ2v) is 4.60. The van der Waals surface area contributed by atoms with E-state index in [4.69, 9.17) is 0 Å². The van der Waals surface area contributed by atoms with Gasteiger partial charge in [0.15, 0.2) is 0 Å². The smallest absolute Gasteiger partial charge is 0.308 e. The minimum atomic E-state index is -1.30. The van der Waals surface area contributed by atoms with Gasteiger partial charge in [-0.15, -0.1) is 0 Å². The van der Waals surface area contributed by atoms with Gasteiger partial charge in [0.25, 0.3) is 5.91 Å². The van der Waals surface area contributed by atoms with Crippen LogP contribution < -0.4 is 0 Å². The molecule has 0 aliphatic carbocycles. The second-order valence-electron chi connectivity index (χ2n) is 4.60. The van der Waals surface area contributed by atoms with Gasteiger partial charge in [0.1, 0.15) is 5.82 Å². The normalized spacial score (nSPS) is 14.9. The largest absolute Gasteiger partial charge is 0.335 e. The van der Waals surface area contributed by atoms with Crippen LogP contribution in [-0.4, -0.2) is 28.8 Å². The number of nitrogens with zero attached hydrogens (tertiary/aromatic N) is 2. The van der Waals surface area contributed by atoms with Crippen molar-refractivity contribution in [3.05, 3.63) is 51.1 Å². The van der Waals surface area contributed by atoms with Crippen LogP contribution in [0.25, 0.3) is 0 Å². The lowest BCUT2D eigenvalue weighted by atomic mass is 10.1. The Morgan fingerprint density at radius 2 is 2.10 bits per heavy atom. The van der Waals surface area contributed by atoms with E-state index in [-0.39, 0.29) is 6.54 Å². The van der Waals surface area contributed by atoms with Gasteiger partial charge in [-0.05, 0) is 19.4 Å². The summed E-state index contributed by atoms with van der Waals surface area (Å²) < 4.78 is 27.2. The molecule has 0 bridgehead atoms. The van der Waals surface area contributed by atoms with Gasteiger partial charge in [0.05, 0.1) is 16.6 Å². The van der Waals surface area contributed by atoms with E-state index in [1.54, 1.807) is 0 Å². The Balaban J connectivity index is 2.37. The van der Waals surface area contributed by atoms with Crippen molar-refractivity contribution in [3.63, 3.8) is 0 Å². The number of amides is 1. The highest BCUT2D eigenvalue weighted by atomic mass is 19.1. The highest BCUT2D eigenvalue weighted by Gasteiger charge is 2.27. The first-order chi connectivity index (χ1) is 9.40. The van der Waals surface area contributed by atoms with Crippen molar-refractivity contribution < 1.29 is 18.5 Å². The Morgan fingerprint density at radius 1 is 1.40 bits per heavy atom. The Kier molecular flexibility index (Phi) is 3.78. The minimum Gasteiger partial charge on any atom is -0.335 e. The van der Waals surface area contributed by atoms with E-state index in [0.717, 1.165) is 5.57 Å². The molecule has 0 unspecified atom stereocenters. The summed E-state index contributed by atoms with van der Waals surface area (Å²) in [5.41, 5.74) is -0.526. The van der Waals surface area contributed by atoms with Crippen LogP contribution in [0.5, 0.6) is 0 Å². The fraction of sp³-hybridized carbons (Fsp3) is 0.308. The van der Waals surface area contributed by atoms with E-state index in [9.17, 15) is 23.7 Å². The summed E-state index contributed by atoms with van der Waals surface area (Å²) in [6, 6.07) is 1.15. The molecule has 1 aromatic carbocycles. The molecule has 0 atom stereocenters. The molecule has 0 saturated heterocycles. The van der Waals surface area contributed by atoms with Crippen LogP contribution in [-0.2, 0) is 0 Å². The van der Waals surface area contributed by atoms with Gasteiger partial charge in [0.2, 0.25) is 5.82 Å². The third kappa shape index (κ3) is 2.66. The van der Waals surface area contributed by atoms with E-state index in [0.29, 0.717) is 25.1 Å². The fourth-order valence-electron chi connectivity index (χ4n) is 1.99. The Bertz CT molecular complexity index is 614. The first-order valence-corrected chi connectivity index (χ1v) is 5.98. The Hall–Kier alpha value is -2.31. The number of hydrogen-bond acceptors (Lipinski definition) is 3. The van der Waals surface area contributed by atoms with Gasteiger partial charge >= 0.3 is 5.69 Å². The molecule has 2 rings (SSSR count). The maximum absolute atomic E-state index is 13.9. The zero-order valence-electron chi connectivity index (χ0n) is 10.7. The van der Waals surface area contributed by atoms with Gasteiger partial charge in [0, 0.05) is 13.1 Å². The van der Waals surface area contributed by atoms with Crippen molar-refractivity contribution in [2.75, 3.05) is 13.1 Å². The quantitative estimate of drug-likeness (QED) is 0.476. The summed E-state index contributed by atoms with van der Waals surface area (Å²) in [6.07, 6.45) is 2.46. The maximum atomic E-state index is 13.9. The summed E-state index contributed by atoms with van der Waals surface area (Å²) in [5, 5.41) is 10.6. The van der Waals surface area contributed by atoms with Crippen molar-refractivity contribution >= 4 is 11.6 Å². The zero-order valence-corrected chi connectivity index (χ0v) is 10.7. The van der Waals surface area contributed by atoms with Crippen molar-refractivity contribution in [1.82, 2.24) is 4.90 Å². The Labute approximate surface area is 113 Å². The maximum Gasteiger partial charge on any atom is 0.308 e. The highest BCUT2D eigenvalue weighted by molar-refractivity contribution is 5.95. The first-order valence-electron chi connectivity index (χ1n) is 5.98. The minimum absolute atomic E-state index is 0.286. The lowest BCUT2D eigenvalue weighted by Crippen LogP contribution is -2.35. The number of carbonyl (C=O) groups excluding carboxylic acids is 1. The first kappa shape index (κ1) is 14.1. The van der Waals surface area contributed by atoms with Crippen molar-refractivity contribution in [1.29, 1.82) is 0 Å². The Morgan fingerprint density at radius 3 is 2.65 bits per heavy atom. The molecule has 1 aliphatic heterocycles. The molecular formula is C13H12F2N2O3. The number of nitro benzene ring substituents is 1. The van der Waals surface area contributed by atoms with Crippen LogP contribution in [0, 0.1) is 21.7 Å². The SMILES string of the molecule is CC1=CCN(C(=O)c2cc(F)cc([N+](=O)[O-])c2F)CC1. The molecule has 0 N–H and O–H groups in total. The molecule has 0 radical (unpaired) electrons. The predicted octanol–water partition coefficient (Wildman–Crippen LogP) is 2.67. The molecule has 0 fully saturated rings. The summed E-state index contributed by atoms with van der Waals surface area (Å²) in [4.78, 5) is 23.0. The van der Waals surface area contributed by atoms with E-state index < -0.39 is 33.7 Å². The lowest BCUT2D eigenvalue weighted by Gasteiger charge is -2.25. The molecule has 5 nitrogen and oxygen atoms in total. The molecule has 0 saturated carbocycles. The molecule has 0 aromatic heterocycles. The third-order valence-corrected chi connectivity index (χ3v) is 3.17. The summed E-state index contributed by atoms with van der Waals surface area (Å²) in [6.45, 7) is 2.58. The molecule has 7 heteroatoms. The number of benzene rings is 1. The highest BCUT2D eigenvalue weighted by Crippen LogP contribution is 2.24. The number of hydrogen-bond donors (Lipinski definition) is 0. The zero-order chi connectivity index (χ0) is 14.9. The lowest BCUT2D eigenvalue weighted by molar-refractivity contribution is -0.387. The summed E-state index contributed by atoms with van der Waals surface area (Å²) in [5.74, 6) is -3.05. The van der Waals surface area contributed by atoms with Crippen LogP contribution in [0.2, 0.25) is 0 Å². The molecule has 1 aromatic rings. The van der Waals surface area contributed by atoms with Crippen molar-refractivity contribution in [3.8, 4) is 0 Å². The average molecular weight is 282 g/mol. The molecule has 1 heterocycles. The molecule has 1 aliphatic rings. The van der Waals surface area contributed by atoms with Crippen LogP contribution in [0.4, 0.5) is 14.5 Å². The van der Waals surface area contributed by atoms with E-state index in [1.807, 2.05) is 13.0 Å². The van der Waals surface area contributed by atoms with Crippen molar-refractivity contribution in [2.45, 2.75) is 13.3 Å². The summed E-state index contributed by atoms with van der Waals surface area (Å²) in [7, 11) is 0. The predicted molar refractivity (Wildman–Crippen MR) is 67.3 cm³/mol. The second kappa shape index (κ2) is 5.36. The molecule has 20 heavy (non-hydrogen) atoms. The fourth-order valence-corrected chi connectivity index (χ4v) is 1.99. The number of halogens is 2. The van der Waals surface area contributed by atoms with Gasteiger partial charge in [-0.2, -0.15) is 4.39 Å². The van der Waals surface area contributed by atoms with E-state index in [1.165, 1.54) is 4.90 Å². The number of nitro groups is 1. The van der Waals surface area contributed by atoms with Gasteiger partial charge in [-0.3, -0.25) is 14.9 Å². The van der Waals surface area contributed by atoms with E-state index in [2.05, 4.69) is 0 Å². The molecule has 106 valence electrons. The number of rotatable bonds is 2. The van der Waals surface area contributed by atoms with Gasteiger partial charge in [-0.25, -0.2) is 4.39 Å². The van der Waals surface area contributed by atoms with Gasteiger partial charge in [-0.1, -0.05) is 11.6 Å². The topological polar surface area (TPSA) is 63.5 Å². The summed E-state index contributed by atoms with van der Waals surface area (Å²) >= 11 is 0. The average Bonchev–Trinajstić information content (AvgIpc) is 2.41. The monoisotopic (exact) mass is 282 g/mol. The van der Waals surface area contributed by atoms with Crippen LogP contribution >= 0.6 is 0 Å². The van der Waals surface area contributed by atoms with Crippen LogP contribution in [0.3, 0.4) is 0 Å². The molecular weight excluding hydrogens is 270 g/mol. The third-order valence-electron chi connectivity index (χ3n) is 3.17. The molecule has 0 spiro atoms.